The van der Waals surface area contributed by atoms with Crippen LogP contribution in [0.2, 0.25) is 0 Å². The molecule has 0 saturated carbocycles. The number of rotatable bonds is 7. The summed E-state index contributed by atoms with van der Waals surface area (Å²) in [7, 11) is 0. The maximum atomic E-state index is 12.7. The van der Waals surface area contributed by atoms with E-state index >= 15 is 0 Å². The van der Waals surface area contributed by atoms with Crippen molar-refractivity contribution in [2.75, 3.05) is 13.1 Å². The number of aromatic nitrogens is 1. The first kappa shape index (κ1) is 22.5. The normalized spacial score (nSPS) is 14.6. The third kappa shape index (κ3) is 5.95. The van der Waals surface area contributed by atoms with E-state index in [1.807, 2.05) is 12.1 Å². The van der Waals surface area contributed by atoms with Crippen LogP contribution in [-0.2, 0) is 30.5 Å². The van der Waals surface area contributed by atoms with Gasteiger partial charge in [-0.3, -0.25) is 9.69 Å². The molecule has 1 amide bonds. The molecule has 168 valence electrons. The van der Waals surface area contributed by atoms with Crippen molar-refractivity contribution in [1.82, 2.24) is 15.2 Å². The highest BCUT2D eigenvalue weighted by Gasteiger charge is 2.30. The van der Waals surface area contributed by atoms with Crippen molar-refractivity contribution in [3.05, 3.63) is 76.3 Å². The minimum absolute atomic E-state index is 0.129. The number of carbonyl (C=O) groups is 1. The second-order valence-electron chi connectivity index (χ2n) is 7.97. The Balaban J connectivity index is 1.27. The van der Waals surface area contributed by atoms with E-state index in [-0.39, 0.29) is 12.3 Å². The van der Waals surface area contributed by atoms with Gasteiger partial charge in [0.15, 0.2) is 0 Å². The molecule has 8 heteroatoms. The first-order valence-corrected chi connectivity index (χ1v) is 11.4. The summed E-state index contributed by atoms with van der Waals surface area (Å²) in [6, 6.07) is 13.2. The average Bonchev–Trinajstić information content (AvgIpc) is 3.45. The number of nitrogens with zero attached hydrogens (tertiary/aromatic N) is 2. The van der Waals surface area contributed by atoms with Crippen molar-refractivity contribution in [3.63, 3.8) is 0 Å². The monoisotopic (exact) mass is 459 g/mol. The number of hydrogen-bond donors (Lipinski definition) is 1. The van der Waals surface area contributed by atoms with Gasteiger partial charge in [0.2, 0.25) is 5.91 Å². The van der Waals surface area contributed by atoms with Gasteiger partial charge in [-0.05, 0) is 49.2 Å². The van der Waals surface area contributed by atoms with Gasteiger partial charge in [0.05, 0.1) is 17.7 Å². The van der Waals surface area contributed by atoms with Crippen LogP contribution in [0.25, 0.3) is 10.6 Å². The van der Waals surface area contributed by atoms with Gasteiger partial charge in [0.1, 0.15) is 5.01 Å². The molecule has 4 rings (SSSR count). The molecule has 0 atom stereocenters. The topological polar surface area (TPSA) is 45.2 Å². The molecular weight excluding hydrogens is 435 g/mol. The second kappa shape index (κ2) is 9.83. The molecule has 1 aromatic heterocycles. The van der Waals surface area contributed by atoms with Gasteiger partial charge in [0, 0.05) is 24.0 Å². The number of carbonyl (C=O) groups excluding carboxylic acids is 1. The zero-order valence-corrected chi connectivity index (χ0v) is 18.3. The molecule has 1 saturated heterocycles. The van der Waals surface area contributed by atoms with Crippen molar-refractivity contribution in [2.45, 2.75) is 38.5 Å². The van der Waals surface area contributed by atoms with E-state index in [9.17, 15) is 18.0 Å². The highest BCUT2D eigenvalue weighted by molar-refractivity contribution is 7.13. The molecule has 4 nitrogen and oxygen atoms in total. The lowest BCUT2D eigenvalue weighted by molar-refractivity contribution is -0.137. The zero-order chi connectivity index (χ0) is 22.6. The van der Waals surface area contributed by atoms with Crippen LogP contribution >= 0.6 is 11.3 Å². The van der Waals surface area contributed by atoms with Crippen molar-refractivity contribution < 1.29 is 18.0 Å². The van der Waals surface area contributed by atoms with Crippen LogP contribution < -0.4 is 5.32 Å². The molecule has 2 aromatic carbocycles. The summed E-state index contributed by atoms with van der Waals surface area (Å²) in [5.41, 5.74) is 2.82. The summed E-state index contributed by atoms with van der Waals surface area (Å²) in [6.07, 6.45) is -1.69. The largest absolute Gasteiger partial charge is 0.416 e. The van der Waals surface area contributed by atoms with Crippen LogP contribution in [0.15, 0.2) is 53.9 Å². The van der Waals surface area contributed by atoms with Gasteiger partial charge in [-0.2, -0.15) is 13.2 Å². The molecule has 2 heterocycles. The molecule has 0 spiro atoms. The van der Waals surface area contributed by atoms with Crippen LogP contribution in [0.1, 0.15) is 35.2 Å². The molecule has 0 aliphatic carbocycles. The molecule has 0 bridgehead atoms. The predicted molar refractivity (Wildman–Crippen MR) is 119 cm³/mol. The summed E-state index contributed by atoms with van der Waals surface area (Å²) in [5, 5.41) is 5.26. The Labute approximate surface area is 189 Å². The fourth-order valence-electron chi connectivity index (χ4n) is 3.71. The molecule has 1 aliphatic rings. The molecule has 3 aromatic rings. The molecule has 1 fully saturated rings. The van der Waals surface area contributed by atoms with Gasteiger partial charge in [0.25, 0.3) is 0 Å². The fraction of sp³-hybridized carbons (Fsp3) is 0.333. The van der Waals surface area contributed by atoms with E-state index in [0.717, 1.165) is 37.3 Å². The Bertz CT molecular complexity index is 1040. The number of nitrogens with one attached hydrogen (secondary N) is 1. The molecule has 32 heavy (non-hydrogen) atoms. The number of alkyl halides is 3. The Morgan fingerprint density at radius 2 is 1.66 bits per heavy atom. The SMILES string of the molecule is O=C(Cc1csc(-c2ccc(C(F)(F)F)cc2)n1)NCc1ccc(CN2CCCC2)cc1. The van der Waals surface area contributed by atoms with E-state index in [1.54, 1.807) is 5.38 Å². The van der Waals surface area contributed by atoms with Crippen molar-refractivity contribution in [1.29, 1.82) is 0 Å². The minimum atomic E-state index is -4.36. The van der Waals surface area contributed by atoms with Gasteiger partial charge < -0.3 is 5.32 Å². The van der Waals surface area contributed by atoms with Crippen LogP contribution in [-0.4, -0.2) is 28.9 Å². The summed E-state index contributed by atoms with van der Waals surface area (Å²) in [6.45, 7) is 3.74. The first-order valence-electron chi connectivity index (χ1n) is 10.6. The third-order valence-corrected chi connectivity index (χ3v) is 6.41. The lowest BCUT2D eigenvalue weighted by atomic mass is 10.1. The number of amides is 1. The predicted octanol–water partition coefficient (Wildman–Crippen LogP) is 5.28. The summed E-state index contributed by atoms with van der Waals surface area (Å²) < 4.78 is 38.1. The Kier molecular flexibility index (Phi) is 6.91. The van der Waals surface area contributed by atoms with E-state index in [4.69, 9.17) is 0 Å². The maximum Gasteiger partial charge on any atom is 0.416 e. The summed E-state index contributed by atoms with van der Waals surface area (Å²) in [5.74, 6) is -0.143. The average molecular weight is 460 g/mol. The van der Waals surface area contributed by atoms with Crippen LogP contribution in [0.5, 0.6) is 0 Å². The Hall–Kier alpha value is -2.71. The van der Waals surface area contributed by atoms with Crippen molar-refractivity contribution in [2.24, 2.45) is 0 Å². The number of thiazole rings is 1. The molecule has 0 radical (unpaired) electrons. The van der Waals surface area contributed by atoms with E-state index in [0.29, 0.717) is 22.8 Å². The molecule has 0 unspecified atom stereocenters. The van der Waals surface area contributed by atoms with Crippen LogP contribution in [0, 0.1) is 0 Å². The smallest absolute Gasteiger partial charge is 0.352 e. The Morgan fingerprint density at radius 1 is 1.00 bits per heavy atom. The van der Waals surface area contributed by atoms with E-state index in [2.05, 4.69) is 27.3 Å². The van der Waals surface area contributed by atoms with Crippen LogP contribution in [0.4, 0.5) is 13.2 Å². The lowest BCUT2D eigenvalue weighted by Gasteiger charge is -2.14. The number of likely N-dealkylation sites (tertiary alicyclic amines) is 1. The van der Waals surface area contributed by atoms with Crippen LogP contribution in [0.3, 0.4) is 0 Å². The maximum absolute atomic E-state index is 12.7. The summed E-state index contributed by atoms with van der Waals surface area (Å²) in [4.78, 5) is 19.2. The third-order valence-electron chi connectivity index (χ3n) is 5.47. The van der Waals surface area contributed by atoms with Gasteiger partial charge in [-0.25, -0.2) is 4.98 Å². The summed E-state index contributed by atoms with van der Waals surface area (Å²) >= 11 is 1.31. The number of halogens is 3. The number of hydrogen-bond acceptors (Lipinski definition) is 4. The van der Waals surface area contributed by atoms with Gasteiger partial charge in [-0.1, -0.05) is 36.4 Å². The van der Waals surface area contributed by atoms with Crippen molar-refractivity contribution >= 4 is 17.2 Å². The highest BCUT2D eigenvalue weighted by atomic mass is 32.1. The quantitative estimate of drug-likeness (QED) is 0.523. The minimum Gasteiger partial charge on any atom is -0.352 e. The molecular formula is C24H24F3N3OS. The lowest BCUT2D eigenvalue weighted by Crippen LogP contribution is -2.24. The standard InChI is InChI=1S/C24H24F3N3OS/c25-24(26,27)20-9-7-19(8-10-20)23-29-21(16-32-23)13-22(31)28-14-17-3-5-18(6-4-17)15-30-11-1-2-12-30/h3-10,16H,1-2,11-15H2,(H,28,31). The van der Waals surface area contributed by atoms with Gasteiger partial charge >= 0.3 is 6.18 Å². The van der Waals surface area contributed by atoms with E-state index < -0.39 is 11.7 Å². The molecule has 1 N–H and O–H groups in total. The first-order chi connectivity index (χ1) is 15.4. The van der Waals surface area contributed by atoms with E-state index in [1.165, 1.54) is 41.9 Å². The van der Waals surface area contributed by atoms with Gasteiger partial charge in [-0.15, -0.1) is 11.3 Å². The zero-order valence-electron chi connectivity index (χ0n) is 17.5. The van der Waals surface area contributed by atoms with Crippen molar-refractivity contribution in [3.8, 4) is 10.6 Å². The molecule has 1 aliphatic heterocycles. The Morgan fingerprint density at radius 3 is 2.31 bits per heavy atom. The number of benzene rings is 2. The second-order valence-corrected chi connectivity index (χ2v) is 8.83. The fourth-order valence-corrected chi connectivity index (χ4v) is 4.54. The highest BCUT2D eigenvalue weighted by Crippen LogP contribution is 2.31.